The largest absolute Gasteiger partial charge is 0.453 e. The molecule has 0 saturated heterocycles. The predicted octanol–water partition coefficient (Wildman–Crippen LogP) is 34.1. The summed E-state index contributed by atoms with van der Waals surface area (Å²) in [5.74, 6) is 8.53. The maximum atomic E-state index is 6.46. The number of para-hydroxylation sites is 16. The Labute approximate surface area is 810 Å². The fourth-order valence-electron chi connectivity index (χ4n) is 18.4. The van der Waals surface area contributed by atoms with E-state index >= 15 is 0 Å². The molecule has 7 heterocycles. The number of benzene rings is 19. The third-order valence-electron chi connectivity index (χ3n) is 25.2. The van der Waals surface area contributed by atoms with Crippen molar-refractivity contribution in [2.75, 3.05) is 19.6 Å². The van der Waals surface area contributed by atoms with Gasteiger partial charge in [-0.1, -0.05) is 352 Å². The molecule has 3 aromatic heterocycles. The first kappa shape index (κ1) is 83.9. The minimum absolute atomic E-state index is 0.645. The highest BCUT2D eigenvalue weighted by Gasteiger charge is 2.33. The third kappa shape index (κ3) is 16.9. The van der Waals surface area contributed by atoms with Gasteiger partial charge in [-0.3, -0.25) is 0 Å². The maximum Gasteiger partial charge on any atom is 0.160 e. The van der Waals surface area contributed by atoms with Crippen LogP contribution in [-0.4, -0.2) is 29.9 Å². The average molecular weight is 1800 g/mol. The molecule has 662 valence electrons. The molecule has 0 saturated carbocycles. The lowest BCUT2D eigenvalue weighted by Crippen LogP contribution is -2.18. The number of hydrogen-bond acceptors (Lipinski definition) is 14. The molecule has 0 bridgehead atoms. The number of aromatic nitrogens is 6. The van der Waals surface area contributed by atoms with E-state index in [0.29, 0.717) is 17.5 Å². The number of ether oxygens (including phenoxy) is 4. The van der Waals surface area contributed by atoms with Crippen LogP contribution in [0.4, 0.5) is 68.2 Å². The van der Waals surface area contributed by atoms with E-state index in [0.717, 1.165) is 215 Å². The Balaban J connectivity index is 0.000000117. The van der Waals surface area contributed by atoms with Gasteiger partial charge in [0.1, 0.15) is 0 Å². The monoisotopic (exact) mass is 1800 g/mol. The average Bonchev–Trinajstić information content (AvgIpc) is 0.739. The highest BCUT2D eigenvalue weighted by molar-refractivity contribution is 5.96. The van der Waals surface area contributed by atoms with E-state index in [1.54, 1.807) is 0 Å². The SMILES string of the molecule is c1ccc(-c2cc(-c3ccc(N4c5ccccc5Oc5ccccc54)cc3)nc(-c3ccccc3)n2)cc1.c1ccc(-c2ccc(-c3nc(-c4ccccc4)cc(-c4cc(N5c6ccccc6Oc6ccccc65)cc(N5c6ccccc6Oc6ccccc65)c4)n3)cc2)cc1.c1ccc(-c2ccc(-c3nc(-c4ccccc4)cc(-c4ccc(N5c6ccccc6Oc6ccccc65)cc4)n3)cc2)cc1. The third-order valence-corrected chi connectivity index (χ3v) is 25.2. The van der Waals surface area contributed by atoms with Crippen LogP contribution in [0.5, 0.6) is 46.0 Å². The number of anilines is 12. The minimum atomic E-state index is 0.645. The van der Waals surface area contributed by atoms with Crippen LogP contribution < -0.4 is 38.5 Å². The molecule has 4 aliphatic rings. The standard InChI is InChI=1S/C52H34N4O2.C40H27N3O.C34H23N3O/c1-3-15-35(16-4-1)36-27-29-38(30-28-36)52-53-42(37-17-5-2-6-18-37)34-43(54-52)39-31-40(55-44-19-7-11-23-48(44)57-49-24-12-8-20-45(49)55)33-41(32-39)56-46-21-9-13-25-50(46)58-51-26-14-10-22-47(51)56;1-3-11-28(12-4-1)29-19-21-32(22-20-29)40-41-34(30-13-5-2-6-14-30)27-35(42-40)31-23-25-33(26-24-31)43-36-15-7-9-17-38(36)44-39-18-10-8-16-37(39)43;1-3-11-24(12-4-1)28-23-29(36-34(35-28)26-13-5-2-6-14-26)25-19-21-27(22-20-25)37-30-15-7-9-17-32(30)38-33-18-10-8-16-31(33)37/h1-34H;1-27H;1-23H. The van der Waals surface area contributed by atoms with E-state index < -0.39 is 0 Å². The van der Waals surface area contributed by atoms with E-state index in [2.05, 4.69) is 287 Å². The molecular weight excluding hydrogens is 1720 g/mol. The van der Waals surface area contributed by atoms with Crippen LogP contribution in [0, 0.1) is 0 Å². The second-order valence-electron chi connectivity index (χ2n) is 34.1. The molecule has 14 heteroatoms. The van der Waals surface area contributed by atoms with Crippen molar-refractivity contribution in [1.82, 2.24) is 29.9 Å². The van der Waals surface area contributed by atoms with E-state index in [1.807, 2.05) is 243 Å². The fraction of sp³-hybridized carbons (Fsp3) is 0. The van der Waals surface area contributed by atoms with Crippen molar-refractivity contribution < 1.29 is 18.9 Å². The van der Waals surface area contributed by atoms with Crippen molar-refractivity contribution in [2.24, 2.45) is 0 Å². The zero-order valence-electron chi connectivity index (χ0n) is 75.6. The summed E-state index contributed by atoms with van der Waals surface area (Å²) in [6.45, 7) is 0. The molecule has 0 amide bonds. The van der Waals surface area contributed by atoms with Gasteiger partial charge in [-0.05, 0) is 180 Å². The molecular formula is C126H84N10O4. The molecule has 0 N–H and O–H groups in total. The number of fused-ring (bicyclic) bond motifs is 8. The van der Waals surface area contributed by atoms with E-state index in [9.17, 15) is 0 Å². The van der Waals surface area contributed by atoms with Gasteiger partial charge in [0.2, 0.25) is 0 Å². The molecule has 0 fully saturated rings. The second-order valence-corrected chi connectivity index (χ2v) is 34.1. The molecule has 140 heavy (non-hydrogen) atoms. The Morgan fingerprint density at radius 1 is 0.121 bits per heavy atom. The van der Waals surface area contributed by atoms with Crippen molar-refractivity contribution in [2.45, 2.75) is 0 Å². The topological polar surface area (TPSA) is 127 Å². The molecule has 4 aliphatic heterocycles. The van der Waals surface area contributed by atoms with Gasteiger partial charge in [0.25, 0.3) is 0 Å². The second kappa shape index (κ2) is 37.3. The molecule has 22 aromatic rings. The van der Waals surface area contributed by atoms with Crippen LogP contribution in [0.1, 0.15) is 0 Å². The molecule has 0 radical (unpaired) electrons. The number of hydrogen-bond donors (Lipinski definition) is 0. The number of nitrogens with zero attached hydrogens (tertiary/aromatic N) is 10. The first-order chi connectivity index (χ1) is 69.4. The van der Waals surface area contributed by atoms with Crippen molar-refractivity contribution in [3.05, 3.63) is 510 Å². The van der Waals surface area contributed by atoms with Gasteiger partial charge in [0, 0.05) is 72.8 Å². The van der Waals surface area contributed by atoms with E-state index in [-0.39, 0.29) is 0 Å². The minimum Gasteiger partial charge on any atom is -0.453 e. The van der Waals surface area contributed by atoms with E-state index in [4.69, 9.17) is 48.9 Å². The lowest BCUT2D eigenvalue weighted by molar-refractivity contribution is 0.476. The summed E-state index contributed by atoms with van der Waals surface area (Å²) >= 11 is 0. The molecule has 0 atom stereocenters. The Morgan fingerprint density at radius 3 is 0.529 bits per heavy atom. The zero-order valence-corrected chi connectivity index (χ0v) is 75.6. The van der Waals surface area contributed by atoms with Gasteiger partial charge in [-0.15, -0.1) is 0 Å². The van der Waals surface area contributed by atoms with Gasteiger partial charge >= 0.3 is 0 Å². The summed E-state index contributed by atoms with van der Waals surface area (Å²) in [6.07, 6.45) is 0. The fourth-order valence-corrected chi connectivity index (χ4v) is 18.4. The summed E-state index contributed by atoms with van der Waals surface area (Å²) in [5, 5.41) is 0. The van der Waals surface area contributed by atoms with Crippen LogP contribution in [0.3, 0.4) is 0 Å². The van der Waals surface area contributed by atoms with Gasteiger partial charge in [0.15, 0.2) is 63.5 Å². The Kier molecular flexibility index (Phi) is 22.4. The Hall–Kier alpha value is -19.2. The highest BCUT2D eigenvalue weighted by atomic mass is 16.5. The van der Waals surface area contributed by atoms with Crippen molar-refractivity contribution in [3.8, 4) is 170 Å². The zero-order chi connectivity index (χ0) is 93.0. The predicted molar refractivity (Wildman–Crippen MR) is 565 cm³/mol. The summed E-state index contributed by atoms with van der Waals surface area (Å²) in [4.78, 5) is 39.5. The first-order valence-corrected chi connectivity index (χ1v) is 46.6. The van der Waals surface area contributed by atoms with Crippen molar-refractivity contribution in [3.63, 3.8) is 0 Å². The van der Waals surface area contributed by atoms with Crippen LogP contribution in [0.15, 0.2) is 510 Å². The summed E-state index contributed by atoms with van der Waals surface area (Å²) in [7, 11) is 0. The smallest absolute Gasteiger partial charge is 0.160 e. The molecule has 19 aromatic carbocycles. The highest BCUT2D eigenvalue weighted by Crippen LogP contribution is 2.57. The molecule has 26 rings (SSSR count). The molecule has 0 spiro atoms. The van der Waals surface area contributed by atoms with Crippen LogP contribution in [0.25, 0.3) is 124 Å². The summed E-state index contributed by atoms with van der Waals surface area (Å²) in [5.41, 5.74) is 30.6. The molecule has 0 aliphatic carbocycles. The molecule has 14 nitrogen and oxygen atoms in total. The van der Waals surface area contributed by atoms with Gasteiger partial charge in [-0.2, -0.15) is 0 Å². The number of rotatable bonds is 15. The lowest BCUT2D eigenvalue weighted by Gasteiger charge is -2.36. The van der Waals surface area contributed by atoms with Gasteiger partial charge in [-0.25, -0.2) is 29.9 Å². The Bertz CT molecular complexity index is 7940. The van der Waals surface area contributed by atoms with Crippen LogP contribution >= 0.6 is 0 Å². The maximum absolute atomic E-state index is 6.46. The molecule has 0 unspecified atom stereocenters. The Morgan fingerprint density at radius 2 is 0.286 bits per heavy atom. The first-order valence-electron chi connectivity index (χ1n) is 46.6. The lowest BCUT2D eigenvalue weighted by atomic mass is 10.0. The quantitative estimate of drug-likeness (QED) is 0.0966. The van der Waals surface area contributed by atoms with Crippen LogP contribution in [-0.2, 0) is 0 Å². The summed E-state index contributed by atoms with van der Waals surface area (Å²) < 4.78 is 25.3. The summed E-state index contributed by atoms with van der Waals surface area (Å²) in [6, 6.07) is 174. The van der Waals surface area contributed by atoms with E-state index in [1.165, 1.54) is 5.56 Å². The van der Waals surface area contributed by atoms with Crippen molar-refractivity contribution in [1.29, 1.82) is 0 Å². The van der Waals surface area contributed by atoms with Crippen LogP contribution in [0.2, 0.25) is 0 Å². The van der Waals surface area contributed by atoms with Gasteiger partial charge in [0.05, 0.1) is 79.7 Å². The van der Waals surface area contributed by atoms with Crippen molar-refractivity contribution >= 4 is 68.2 Å². The van der Waals surface area contributed by atoms with Gasteiger partial charge < -0.3 is 38.5 Å². The normalized spacial score (nSPS) is 12.0.